The summed E-state index contributed by atoms with van der Waals surface area (Å²) in [4.78, 5) is 18.6. The molecule has 0 heterocycles. The smallest absolute Gasteiger partial charge is 0.781 e. The second kappa shape index (κ2) is 12.9. The summed E-state index contributed by atoms with van der Waals surface area (Å²) in [6, 6.07) is 0. The maximum absolute atomic E-state index is 9.29. The van der Waals surface area contributed by atoms with Gasteiger partial charge in [-0.2, -0.15) is 0 Å². The fourth-order valence-corrected chi connectivity index (χ4v) is 0.612. The first-order valence-electron chi connectivity index (χ1n) is 1.67. The summed E-state index contributed by atoms with van der Waals surface area (Å²) in [6.07, 6.45) is 0. The van der Waals surface area contributed by atoms with Gasteiger partial charge in [-0.3, -0.25) is 4.31 Å². The van der Waals surface area contributed by atoms with E-state index in [-0.39, 0.29) is 27.7 Å². The molecule has 0 aliphatic heterocycles. The van der Waals surface area contributed by atoms with Crippen LogP contribution in [-0.2, 0) is 41.1 Å². The standard InChI is InChI=1S/CH4O.Hg.H4O5P2/c1-2;;1-6(2)5-7(3)4/h2H,1H3;;6-7H,(H,1,2)(H,3,4)/q;+2;/p-2. The first-order chi connectivity index (χ1) is 4.13. The maximum atomic E-state index is 9.29. The van der Waals surface area contributed by atoms with Gasteiger partial charge in [-0.15, -0.1) is 0 Å². The van der Waals surface area contributed by atoms with Crippen LogP contribution >= 0.6 is 16.5 Å². The third-order valence-electron chi connectivity index (χ3n) is 0.167. The Hall–Kier alpha value is 1.24. The molecule has 0 rings (SSSR count). The summed E-state index contributed by atoms with van der Waals surface area (Å²) >= 11 is 0. The van der Waals surface area contributed by atoms with Crippen molar-refractivity contribution >= 4 is 16.5 Å². The van der Waals surface area contributed by atoms with Crippen LogP contribution in [0.15, 0.2) is 0 Å². The van der Waals surface area contributed by atoms with Gasteiger partial charge in [-0.25, -0.2) is 0 Å². The van der Waals surface area contributed by atoms with Gasteiger partial charge in [0.05, 0.1) is 0 Å². The molecule has 0 aromatic carbocycles. The van der Waals surface area contributed by atoms with Crippen LogP contribution in [0.2, 0.25) is 0 Å². The predicted octanol–water partition coefficient (Wildman–Crippen LogP) is -1.89. The third kappa shape index (κ3) is 22.9. The van der Waals surface area contributed by atoms with Crippen LogP contribution in [0.25, 0.3) is 0 Å². The molecular weight excluding hydrogens is 371 g/mol. The van der Waals surface area contributed by atoms with Gasteiger partial charge < -0.3 is 24.0 Å². The van der Waals surface area contributed by atoms with E-state index in [1.807, 2.05) is 0 Å². The van der Waals surface area contributed by atoms with Crippen molar-refractivity contribution in [1.29, 1.82) is 0 Å². The Morgan fingerprint density at radius 1 is 1.20 bits per heavy atom. The molecule has 0 radical (unpaired) electrons. The molecule has 6 nitrogen and oxygen atoms in total. The van der Waals surface area contributed by atoms with E-state index in [0.717, 1.165) is 7.11 Å². The fraction of sp³-hybridized carbons (Fsp3) is 1.00. The molecule has 0 saturated carbocycles. The van der Waals surface area contributed by atoms with E-state index in [4.69, 9.17) is 5.11 Å². The Morgan fingerprint density at radius 3 is 1.40 bits per heavy atom. The SMILES string of the molecule is CO.O=[PH]([O-])O[PH](=O)[O-].[Hg+2]. The van der Waals surface area contributed by atoms with Crippen molar-refractivity contribution in [2.24, 2.45) is 0 Å². The van der Waals surface area contributed by atoms with Crippen LogP contribution in [0, 0.1) is 0 Å². The summed E-state index contributed by atoms with van der Waals surface area (Å²) in [6.45, 7) is 0. The van der Waals surface area contributed by atoms with E-state index < -0.39 is 16.5 Å². The van der Waals surface area contributed by atoms with Gasteiger partial charge in [0.25, 0.3) is 0 Å². The molecular formula is CH6HgO6P2. The minimum atomic E-state index is -3.51. The number of hydrogen-bond donors (Lipinski definition) is 1. The van der Waals surface area contributed by atoms with E-state index in [1.54, 1.807) is 0 Å². The Kier molecular flexibility index (Phi) is 22.3. The summed E-state index contributed by atoms with van der Waals surface area (Å²) in [7, 11) is -6.03. The predicted molar refractivity (Wildman–Crippen MR) is 27.2 cm³/mol. The van der Waals surface area contributed by atoms with Gasteiger partial charge in [0.2, 0.25) is 0 Å². The second-order valence-corrected chi connectivity index (χ2v) is 2.42. The zero-order valence-electron chi connectivity index (χ0n) is 5.20. The minimum absolute atomic E-state index is 0. The van der Waals surface area contributed by atoms with Gasteiger partial charge >= 0.3 is 27.7 Å². The molecule has 0 fully saturated rings. The third-order valence-corrected chi connectivity index (χ3v) is 1.50. The van der Waals surface area contributed by atoms with Crippen LogP contribution in [0.5, 0.6) is 0 Å². The van der Waals surface area contributed by atoms with Crippen molar-refractivity contribution in [3.63, 3.8) is 0 Å². The molecule has 0 spiro atoms. The quantitative estimate of drug-likeness (QED) is 0.446. The van der Waals surface area contributed by atoms with Gasteiger partial charge in [0, 0.05) is 7.11 Å². The van der Waals surface area contributed by atoms with Gasteiger partial charge in [0.15, 0.2) is 0 Å². The van der Waals surface area contributed by atoms with Crippen LogP contribution < -0.4 is 9.79 Å². The molecule has 9 heteroatoms. The van der Waals surface area contributed by atoms with E-state index in [0.29, 0.717) is 0 Å². The number of rotatable bonds is 2. The first-order valence-corrected chi connectivity index (χ1v) is 4.12. The second-order valence-electron chi connectivity index (χ2n) is 0.602. The first kappa shape index (κ1) is 17.4. The van der Waals surface area contributed by atoms with Crippen molar-refractivity contribution in [3.8, 4) is 0 Å². The Bertz CT molecular complexity index is 91.9. The molecule has 1 N–H and O–H groups in total. The normalized spacial score (nSPS) is 13.6. The average molecular weight is 377 g/mol. The molecule has 0 aromatic heterocycles. The monoisotopic (exact) mass is 378 g/mol. The van der Waals surface area contributed by atoms with Crippen molar-refractivity contribution in [2.45, 2.75) is 0 Å². The van der Waals surface area contributed by atoms with E-state index >= 15 is 0 Å². The van der Waals surface area contributed by atoms with Crippen LogP contribution in [0.4, 0.5) is 0 Å². The molecule has 0 bridgehead atoms. The molecule has 0 aliphatic rings. The Morgan fingerprint density at radius 2 is 1.40 bits per heavy atom. The van der Waals surface area contributed by atoms with Crippen molar-refractivity contribution in [1.82, 2.24) is 0 Å². The molecule has 0 aromatic rings. The topological polar surface area (TPSA) is 110 Å². The average Bonchev–Trinajstić information content (AvgIpc) is 1.68. The van der Waals surface area contributed by atoms with Crippen molar-refractivity contribution in [3.05, 3.63) is 0 Å². The fourth-order valence-electron chi connectivity index (χ4n) is 0.0680. The molecule has 2 unspecified atom stereocenters. The summed E-state index contributed by atoms with van der Waals surface area (Å²) in [5.41, 5.74) is 0. The molecule has 58 valence electrons. The molecule has 2 atom stereocenters. The summed E-state index contributed by atoms with van der Waals surface area (Å²) in [5, 5.41) is 7.00. The number of aliphatic hydroxyl groups is 1. The van der Waals surface area contributed by atoms with Crippen LogP contribution in [-0.4, -0.2) is 12.2 Å². The molecule has 0 amide bonds. The van der Waals surface area contributed by atoms with Crippen molar-refractivity contribution in [2.75, 3.05) is 7.11 Å². The zero-order chi connectivity index (χ0) is 7.86. The zero-order valence-corrected chi connectivity index (χ0v) is 12.7. The number of aliphatic hydroxyl groups excluding tert-OH is 1. The number of hydrogen-bond acceptors (Lipinski definition) is 6. The van der Waals surface area contributed by atoms with Gasteiger partial charge in [-0.05, 0) is 0 Å². The van der Waals surface area contributed by atoms with E-state index in [2.05, 4.69) is 4.31 Å². The largest absolute Gasteiger partial charge is 2.00 e. The van der Waals surface area contributed by atoms with E-state index in [1.165, 1.54) is 0 Å². The Labute approximate surface area is 79.6 Å². The molecule has 10 heavy (non-hydrogen) atoms. The summed E-state index contributed by atoms with van der Waals surface area (Å²) in [5.74, 6) is 0. The molecule has 0 aliphatic carbocycles. The van der Waals surface area contributed by atoms with Crippen LogP contribution in [0.1, 0.15) is 0 Å². The van der Waals surface area contributed by atoms with Gasteiger partial charge in [-0.1, -0.05) is 0 Å². The van der Waals surface area contributed by atoms with E-state index in [9.17, 15) is 18.9 Å². The maximum Gasteiger partial charge on any atom is 2.00 e. The van der Waals surface area contributed by atoms with Gasteiger partial charge in [0.1, 0.15) is 16.5 Å². The van der Waals surface area contributed by atoms with Crippen molar-refractivity contribution < 1.29 is 56.0 Å². The molecule has 0 saturated heterocycles. The minimum Gasteiger partial charge on any atom is -0.781 e. The van der Waals surface area contributed by atoms with Crippen LogP contribution in [0.3, 0.4) is 0 Å². The Balaban J connectivity index is -0.000000149. The summed E-state index contributed by atoms with van der Waals surface area (Å²) < 4.78 is 21.8.